The van der Waals surface area contributed by atoms with Gasteiger partial charge in [0.1, 0.15) is 0 Å². The molecule has 1 heterocycles. The predicted molar refractivity (Wildman–Crippen MR) is 58.2 cm³/mol. The SMILES string of the molecule is CCCC1(CC(C)C)OCCCCO1. The smallest absolute Gasteiger partial charge is 0.168 e. The predicted octanol–water partition coefficient (Wildman–Crippen LogP) is 3.36. The lowest BCUT2D eigenvalue weighted by Crippen LogP contribution is -2.36. The van der Waals surface area contributed by atoms with Crippen LogP contribution in [0.15, 0.2) is 0 Å². The van der Waals surface area contributed by atoms with Gasteiger partial charge in [0.2, 0.25) is 0 Å². The summed E-state index contributed by atoms with van der Waals surface area (Å²) in [6.45, 7) is 8.39. The zero-order chi connectivity index (χ0) is 10.4. The molecule has 0 saturated carbocycles. The number of hydrogen-bond donors (Lipinski definition) is 0. The summed E-state index contributed by atoms with van der Waals surface area (Å²) in [6, 6.07) is 0. The van der Waals surface area contributed by atoms with Crippen LogP contribution in [0.2, 0.25) is 0 Å². The molecule has 0 aromatic heterocycles. The lowest BCUT2D eigenvalue weighted by molar-refractivity contribution is -0.237. The van der Waals surface area contributed by atoms with E-state index >= 15 is 0 Å². The van der Waals surface area contributed by atoms with E-state index in [1.807, 2.05) is 0 Å². The average molecular weight is 200 g/mol. The highest BCUT2D eigenvalue weighted by Crippen LogP contribution is 2.30. The van der Waals surface area contributed by atoms with Gasteiger partial charge in [0.15, 0.2) is 5.79 Å². The largest absolute Gasteiger partial charge is 0.350 e. The van der Waals surface area contributed by atoms with Crippen molar-refractivity contribution in [2.45, 2.75) is 58.7 Å². The summed E-state index contributed by atoms with van der Waals surface area (Å²) in [5.41, 5.74) is 0. The first-order valence-electron chi connectivity index (χ1n) is 5.96. The van der Waals surface area contributed by atoms with Gasteiger partial charge in [-0.25, -0.2) is 0 Å². The van der Waals surface area contributed by atoms with Crippen LogP contribution in [0.5, 0.6) is 0 Å². The van der Waals surface area contributed by atoms with Gasteiger partial charge in [-0.15, -0.1) is 0 Å². The second-order valence-electron chi connectivity index (χ2n) is 4.66. The second kappa shape index (κ2) is 5.72. The van der Waals surface area contributed by atoms with Crippen molar-refractivity contribution >= 4 is 0 Å². The van der Waals surface area contributed by atoms with Crippen LogP contribution >= 0.6 is 0 Å². The third-order valence-corrected chi connectivity index (χ3v) is 2.62. The fourth-order valence-electron chi connectivity index (χ4n) is 2.13. The van der Waals surface area contributed by atoms with E-state index < -0.39 is 0 Å². The highest BCUT2D eigenvalue weighted by Gasteiger charge is 2.33. The monoisotopic (exact) mass is 200 g/mol. The van der Waals surface area contributed by atoms with E-state index in [0.717, 1.165) is 45.3 Å². The fraction of sp³-hybridized carbons (Fsp3) is 1.00. The highest BCUT2D eigenvalue weighted by molar-refractivity contribution is 4.73. The molecular formula is C12H24O2. The van der Waals surface area contributed by atoms with Crippen LogP contribution < -0.4 is 0 Å². The van der Waals surface area contributed by atoms with Crippen LogP contribution in [-0.2, 0) is 9.47 Å². The first-order valence-corrected chi connectivity index (χ1v) is 5.96. The summed E-state index contributed by atoms with van der Waals surface area (Å²) in [5, 5.41) is 0. The molecule has 0 aromatic carbocycles. The Morgan fingerprint density at radius 1 is 1.14 bits per heavy atom. The van der Waals surface area contributed by atoms with E-state index in [2.05, 4.69) is 20.8 Å². The van der Waals surface area contributed by atoms with Crippen molar-refractivity contribution < 1.29 is 9.47 Å². The minimum atomic E-state index is -0.264. The number of rotatable bonds is 4. The zero-order valence-corrected chi connectivity index (χ0v) is 9.84. The molecule has 0 N–H and O–H groups in total. The highest BCUT2D eigenvalue weighted by atomic mass is 16.7. The van der Waals surface area contributed by atoms with Gasteiger partial charge in [-0.3, -0.25) is 0 Å². The summed E-state index contributed by atoms with van der Waals surface area (Å²) in [7, 11) is 0. The standard InChI is InChI=1S/C12H24O2/c1-4-7-12(10-11(2)3)13-8-5-6-9-14-12/h11H,4-10H2,1-3H3. The zero-order valence-electron chi connectivity index (χ0n) is 9.84. The summed E-state index contributed by atoms with van der Waals surface area (Å²) in [4.78, 5) is 0. The lowest BCUT2D eigenvalue weighted by Gasteiger charge is -2.33. The molecule has 1 rings (SSSR count). The molecule has 0 amide bonds. The molecule has 0 bridgehead atoms. The third-order valence-electron chi connectivity index (χ3n) is 2.62. The third kappa shape index (κ3) is 3.58. The quantitative estimate of drug-likeness (QED) is 0.693. The van der Waals surface area contributed by atoms with E-state index in [1.54, 1.807) is 0 Å². The second-order valence-corrected chi connectivity index (χ2v) is 4.66. The Labute approximate surface area is 88.0 Å². The maximum Gasteiger partial charge on any atom is 0.168 e. The van der Waals surface area contributed by atoms with E-state index in [1.165, 1.54) is 0 Å². The molecule has 1 fully saturated rings. The normalized spacial score (nSPS) is 22.3. The Bertz CT molecular complexity index is 146. The van der Waals surface area contributed by atoms with Crippen molar-refractivity contribution in [3.8, 4) is 0 Å². The Morgan fingerprint density at radius 3 is 2.14 bits per heavy atom. The van der Waals surface area contributed by atoms with Gasteiger partial charge in [-0.05, 0) is 18.8 Å². The van der Waals surface area contributed by atoms with E-state index in [-0.39, 0.29) is 5.79 Å². The van der Waals surface area contributed by atoms with Crippen molar-refractivity contribution in [1.82, 2.24) is 0 Å². The maximum absolute atomic E-state index is 5.92. The Hall–Kier alpha value is -0.0800. The van der Waals surface area contributed by atoms with Crippen molar-refractivity contribution in [3.63, 3.8) is 0 Å². The molecule has 1 saturated heterocycles. The molecule has 0 aromatic rings. The molecule has 2 nitrogen and oxygen atoms in total. The van der Waals surface area contributed by atoms with Gasteiger partial charge in [0.05, 0.1) is 13.2 Å². The topological polar surface area (TPSA) is 18.5 Å². The van der Waals surface area contributed by atoms with Crippen molar-refractivity contribution in [3.05, 3.63) is 0 Å². The molecule has 0 radical (unpaired) electrons. The Balaban J connectivity index is 2.57. The first kappa shape index (κ1) is 12.0. The van der Waals surface area contributed by atoms with Gasteiger partial charge in [-0.2, -0.15) is 0 Å². The summed E-state index contributed by atoms with van der Waals surface area (Å²) >= 11 is 0. The van der Waals surface area contributed by atoms with Crippen LogP contribution in [0.4, 0.5) is 0 Å². The first-order chi connectivity index (χ1) is 6.68. The van der Waals surface area contributed by atoms with Gasteiger partial charge in [-0.1, -0.05) is 27.2 Å². The molecule has 1 aliphatic rings. The minimum absolute atomic E-state index is 0.264. The molecule has 0 unspecified atom stereocenters. The fourth-order valence-corrected chi connectivity index (χ4v) is 2.13. The molecule has 0 atom stereocenters. The molecular weight excluding hydrogens is 176 g/mol. The van der Waals surface area contributed by atoms with Crippen LogP contribution in [0.1, 0.15) is 52.9 Å². The summed E-state index contributed by atoms with van der Waals surface area (Å²) in [6.07, 6.45) is 5.48. The van der Waals surface area contributed by atoms with E-state index in [9.17, 15) is 0 Å². The summed E-state index contributed by atoms with van der Waals surface area (Å²) in [5.74, 6) is 0.374. The van der Waals surface area contributed by atoms with Crippen LogP contribution in [0, 0.1) is 5.92 Å². The summed E-state index contributed by atoms with van der Waals surface area (Å²) < 4.78 is 11.8. The lowest BCUT2D eigenvalue weighted by atomic mass is 9.98. The van der Waals surface area contributed by atoms with E-state index in [4.69, 9.17) is 9.47 Å². The van der Waals surface area contributed by atoms with Crippen LogP contribution in [-0.4, -0.2) is 19.0 Å². The van der Waals surface area contributed by atoms with Gasteiger partial charge < -0.3 is 9.47 Å². The Kier molecular flexibility index (Phi) is 4.90. The molecule has 0 aliphatic carbocycles. The maximum atomic E-state index is 5.92. The van der Waals surface area contributed by atoms with Gasteiger partial charge in [0, 0.05) is 12.8 Å². The Morgan fingerprint density at radius 2 is 1.71 bits per heavy atom. The molecule has 2 heteroatoms. The van der Waals surface area contributed by atoms with E-state index in [0.29, 0.717) is 5.92 Å². The van der Waals surface area contributed by atoms with Crippen LogP contribution in [0.25, 0.3) is 0 Å². The van der Waals surface area contributed by atoms with Crippen molar-refractivity contribution in [2.24, 2.45) is 5.92 Å². The minimum Gasteiger partial charge on any atom is -0.350 e. The average Bonchev–Trinajstić information content (AvgIpc) is 2.30. The number of ether oxygens (including phenoxy) is 2. The van der Waals surface area contributed by atoms with Gasteiger partial charge >= 0.3 is 0 Å². The molecule has 84 valence electrons. The van der Waals surface area contributed by atoms with Crippen molar-refractivity contribution in [2.75, 3.05) is 13.2 Å². The van der Waals surface area contributed by atoms with Crippen molar-refractivity contribution in [1.29, 1.82) is 0 Å². The van der Waals surface area contributed by atoms with Gasteiger partial charge in [0.25, 0.3) is 0 Å². The molecule has 14 heavy (non-hydrogen) atoms. The van der Waals surface area contributed by atoms with Crippen LogP contribution in [0.3, 0.4) is 0 Å². The molecule has 0 spiro atoms. The molecule has 1 aliphatic heterocycles. The number of hydrogen-bond acceptors (Lipinski definition) is 2.